The number of pyridine rings is 1. The highest BCUT2D eigenvalue weighted by Gasteiger charge is 2.34. The second-order valence-electron chi connectivity index (χ2n) is 17.3. The first-order valence-electron chi connectivity index (χ1n) is 21.3. The van der Waals surface area contributed by atoms with Gasteiger partial charge in [0.25, 0.3) is 11.8 Å². The molecule has 0 spiro atoms. The van der Waals surface area contributed by atoms with E-state index in [1.54, 1.807) is 18.3 Å². The molecule has 2 aromatic rings. The summed E-state index contributed by atoms with van der Waals surface area (Å²) in [5, 5.41) is 28.0. The van der Waals surface area contributed by atoms with Gasteiger partial charge in [0.15, 0.2) is 6.29 Å². The minimum atomic E-state index is -4.73. The van der Waals surface area contributed by atoms with Gasteiger partial charge in [-0.2, -0.15) is 13.2 Å². The van der Waals surface area contributed by atoms with Gasteiger partial charge in [-0.15, -0.1) is 0 Å². The summed E-state index contributed by atoms with van der Waals surface area (Å²) in [6, 6.07) is 7.58. The zero-order valence-electron chi connectivity index (χ0n) is 36.6. The van der Waals surface area contributed by atoms with Crippen LogP contribution in [0.2, 0.25) is 0 Å². The molecular weight excluding hydrogens is 818 g/mol. The third-order valence-electron chi connectivity index (χ3n) is 12.1. The highest BCUT2D eigenvalue weighted by molar-refractivity contribution is 6.11. The van der Waals surface area contributed by atoms with Gasteiger partial charge in [-0.25, -0.2) is 4.98 Å². The van der Waals surface area contributed by atoms with E-state index < -0.39 is 41.0 Å². The maximum atomic E-state index is 13.8. The van der Waals surface area contributed by atoms with E-state index in [-0.39, 0.29) is 52.9 Å². The van der Waals surface area contributed by atoms with Gasteiger partial charge in [-0.3, -0.25) is 19.2 Å². The second-order valence-corrected chi connectivity index (χ2v) is 17.3. The van der Waals surface area contributed by atoms with E-state index in [2.05, 4.69) is 37.8 Å². The fraction of sp³-hybridized carbons (Fsp3) is 0.500. The lowest BCUT2D eigenvalue weighted by Gasteiger charge is -2.38. The molecule has 1 aromatic carbocycles. The molecule has 1 saturated heterocycles. The molecule has 17 heteroatoms. The maximum absolute atomic E-state index is 13.8. The summed E-state index contributed by atoms with van der Waals surface area (Å²) in [7, 11) is 5.17. The van der Waals surface area contributed by atoms with E-state index in [0.717, 1.165) is 63.7 Å². The number of piperidine rings is 1. The Kier molecular flexibility index (Phi) is 16.2. The normalized spacial score (nSPS) is 19.8. The number of halogens is 3. The van der Waals surface area contributed by atoms with Crippen molar-refractivity contribution in [2.24, 2.45) is 11.8 Å². The van der Waals surface area contributed by atoms with Gasteiger partial charge in [-0.05, 0) is 108 Å². The maximum Gasteiger partial charge on any atom is 0.433 e. The van der Waals surface area contributed by atoms with Crippen LogP contribution in [0.3, 0.4) is 0 Å². The molecule has 3 amide bonds. The van der Waals surface area contributed by atoms with Crippen molar-refractivity contribution < 1.29 is 42.3 Å². The average Bonchev–Trinajstić information content (AvgIpc) is 3.25. The third kappa shape index (κ3) is 12.7. The average molecular weight is 877 g/mol. The largest absolute Gasteiger partial charge is 0.433 e. The number of hydrogen-bond acceptors (Lipinski definition) is 11. The van der Waals surface area contributed by atoms with E-state index in [0.29, 0.717) is 48.8 Å². The number of anilines is 1. The number of rotatable bonds is 17. The Hall–Kier alpha value is -5.68. The number of aliphatic hydroxyl groups is 1. The van der Waals surface area contributed by atoms with Crippen molar-refractivity contribution in [2.75, 3.05) is 52.2 Å². The number of carbonyl (C=O) groups is 5. The van der Waals surface area contributed by atoms with Crippen LogP contribution in [0, 0.1) is 17.2 Å². The molecule has 0 radical (unpaired) electrons. The molecule has 1 atom stereocenters. The number of likely N-dealkylation sites (N-methyl/N-ethyl adjacent to an activating group) is 1. The van der Waals surface area contributed by atoms with Crippen molar-refractivity contribution in [3.05, 3.63) is 94.1 Å². The molecule has 5 N–H and O–H groups in total. The second kappa shape index (κ2) is 21.1. The molecule has 1 unspecified atom stereocenters. The van der Waals surface area contributed by atoms with Gasteiger partial charge < -0.3 is 46.0 Å². The fourth-order valence-electron chi connectivity index (χ4n) is 8.52. The minimum absolute atomic E-state index is 0.0842. The number of amides is 3. The van der Waals surface area contributed by atoms with Crippen LogP contribution in [0.5, 0.6) is 0 Å². The SMILES string of the molecule is CNC(=O)CCC(C=O)N(C)C(=O)c1c(C=O)cccc1N1CCC(CN(C)CC2CCC(N/C=C3/C=C(NC(=O)c4cccc(C(F)(F)F)n4)C(C(C)(C)O)=CC3=N)CC2)CC1. The number of nitrogens with one attached hydrogen (secondary N) is 4. The summed E-state index contributed by atoms with van der Waals surface area (Å²) in [6.07, 6.45) is 7.13. The fourth-order valence-corrected chi connectivity index (χ4v) is 8.52. The van der Waals surface area contributed by atoms with Crippen molar-refractivity contribution in [3.63, 3.8) is 0 Å². The number of aromatic nitrogens is 1. The monoisotopic (exact) mass is 876 g/mol. The summed E-state index contributed by atoms with van der Waals surface area (Å²) in [5.41, 5.74) is -1.01. The lowest BCUT2D eigenvalue weighted by Crippen LogP contribution is -2.42. The molecular formula is C46H59F3N8O6. The predicted octanol–water partition coefficient (Wildman–Crippen LogP) is 5.30. The standard InChI is InChI=1S/C46H59F3N8O6/c1-45(2,63)35-23-36(50)32(22-38(35)54-43(61)37-9-7-11-40(53-37)46(47,48)49)24-52-33-14-12-29(13-15-33)25-55(4)26-30-18-20-57(21-19-30)39-10-6-8-31(27-58)42(39)44(62)56(5)34(28-59)16-17-41(60)51-3/h6-11,22-24,27-30,33-34,50,52,63H,12-21,25-26H2,1-5H3,(H,51,60)(H,54,61)/b32-24-,50-36?. The summed E-state index contributed by atoms with van der Waals surface area (Å²) in [4.78, 5) is 72.0. The molecule has 1 aromatic heterocycles. The molecule has 2 heterocycles. The number of carbonyl (C=O) groups excluding carboxylic acids is 5. The molecule has 340 valence electrons. The molecule has 2 fully saturated rings. The van der Waals surface area contributed by atoms with E-state index >= 15 is 0 Å². The molecule has 0 bridgehead atoms. The van der Waals surface area contributed by atoms with Crippen LogP contribution in [0.25, 0.3) is 0 Å². The Bertz CT molecular complexity index is 2110. The van der Waals surface area contributed by atoms with E-state index in [1.165, 1.54) is 51.1 Å². The van der Waals surface area contributed by atoms with Crippen LogP contribution in [-0.2, 0) is 15.8 Å². The van der Waals surface area contributed by atoms with Crippen LogP contribution >= 0.6 is 0 Å². The predicted molar refractivity (Wildman–Crippen MR) is 233 cm³/mol. The summed E-state index contributed by atoms with van der Waals surface area (Å²) in [6.45, 7) is 6.25. The quantitative estimate of drug-likeness (QED) is 0.131. The van der Waals surface area contributed by atoms with Gasteiger partial charge in [0.1, 0.15) is 17.7 Å². The summed E-state index contributed by atoms with van der Waals surface area (Å²) < 4.78 is 39.8. The zero-order chi connectivity index (χ0) is 46.1. The first-order valence-corrected chi connectivity index (χ1v) is 21.3. The molecule has 5 rings (SSSR count). The van der Waals surface area contributed by atoms with Crippen LogP contribution in [0.15, 0.2) is 71.6 Å². The van der Waals surface area contributed by atoms with E-state index in [4.69, 9.17) is 5.41 Å². The lowest BCUT2D eigenvalue weighted by atomic mass is 9.85. The van der Waals surface area contributed by atoms with Crippen molar-refractivity contribution in [1.82, 2.24) is 30.7 Å². The lowest BCUT2D eigenvalue weighted by molar-refractivity contribution is -0.141. The number of allylic oxidation sites excluding steroid dienone is 3. The van der Waals surface area contributed by atoms with Crippen molar-refractivity contribution in [2.45, 2.75) is 89.1 Å². The van der Waals surface area contributed by atoms with Crippen LogP contribution in [0.1, 0.15) is 102 Å². The highest BCUT2D eigenvalue weighted by atomic mass is 19.4. The Labute approximate surface area is 366 Å². The van der Waals surface area contributed by atoms with Crippen molar-refractivity contribution in [3.8, 4) is 0 Å². The Balaban J connectivity index is 1.12. The molecule has 3 aliphatic rings. The molecule has 2 aliphatic carbocycles. The van der Waals surface area contributed by atoms with Crippen molar-refractivity contribution >= 4 is 41.7 Å². The van der Waals surface area contributed by atoms with Gasteiger partial charge in [0.2, 0.25) is 5.91 Å². The topological polar surface area (TPSA) is 188 Å². The van der Waals surface area contributed by atoms with Crippen LogP contribution in [0.4, 0.5) is 18.9 Å². The summed E-state index contributed by atoms with van der Waals surface area (Å²) in [5.74, 6) is -0.616. The number of alkyl halides is 3. The van der Waals surface area contributed by atoms with E-state index in [1.807, 2.05) is 6.07 Å². The molecule has 1 aliphatic heterocycles. The summed E-state index contributed by atoms with van der Waals surface area (Å²) >= 11 is 0. The van der Waals surface area contributed by atoms with Gasteiger partial charge in [-0.1, -0.05) is 18.2 Å². The smallest absolute Gasteiger partial charge is 0.388 e. The zero-order valence-corrected chi connectivity index (χ0v) is 36.6. The van der Waals surface area contributed by atoms with Crippen LogP contribution in [-0.4, -0.2) is 121 Å². The number of aldehydes is 2. The molecule has 63 heavy (non-hydrogen) atoms. The van der Waals surface area contributed by atoms with Gasteiger partial charge in [0, 0.05) is 81.3 Å². The van der Waals surface area contributed by atoms with Gasteiger partial charge in [0.05, 0.1) is 28.6 Å². The minimum Gasteiger partial charge on any atom is -0.388 e. The number of hydrogen-bond donors (Lipinski definition) is 5. The highest BCUT2D eigenvalue weighted by Crippen LogP contribution is 2.33. The molecule has 1 saturated carbocycles. The Morgan fingerprint density at radius 2 is 1.62 bits per heavy atom. The first kappa shape index (κ1) is 48.4. The number of benzene rings is 1. The third-order valence-corrected chi connectivity index (χ3v) is 12.1. The molecule has 14 nitrogen and oxygen atoms in total. The van der Waals surface area contributed by atoms with Gasteiger partial charge >= 0.3 is 6.18 Å². The number of nitrogens with zero attached hydrogens (tertiary/aromatic N) is 4. The van der Waals surface area contributed by atoms with Crippen LogP contribution < -0.4 is 20.9 Å². The Morgan fingerprint density at radius 1 is 0.968 bits per heavy atom. The first-order chi connectivity index (χ1) is 29.8. The Morgan fingerprint density at radius 3 is 2.22 bits per heavy atom. The van der Waals surface area contributed by atoms with E-state index in [9.17, 15) is 42.3 Å². The van der Waals surface area contributed by atoms with Crippen molar-refractivity contribution in [1.29, 1.82) is 5.41 Å².